The first-order valence-corrected chi connectivity index (χ1v) is 12.1. The zero-order valence-corrected chi connectivity index (χ0v) is 20.7. The van der Waals surface area contributed by atoms with Crippen LogP contribution in [0.5, 0.6) is 0 Å². The van der Waals surface area contributed by atoms with Crippen molar-refractivity contribution in [2.24, 2.45) is 5.92 Å². The van der Waals surface area contributed by atoms with Gasteiger partial charge in [-0.05, 0) is 30.7 Å². The molecule has 0 aliphatic carbocycles. The van der Waals surface area contributed by atoms with E-state index in [1.807, 2.05) is 44.2 Å². The molecule has 0 saturated carbocycles. The van der Waals surface area contributed by atoms with Crippen LogP contribution in [0.1, 0.15) is 63.0 Å². The summed E-state index contributed by atoms with van der Waals surface area (Å²) in [5.41, 5.74) is 1.09. The van der Waals surface area contributed by atoms with Crippen LogP contribution < -0.4 is 10.6 Å². The number of rotatable bonds is 15. The van der Waals surface area contributed by atoms with E-state index in [1.165, 1.54) is 18.6 Å². The van der Waals surface area contributed by atoms with E-state index in [0.29, 0.717) is 32.0 Å². The summed E-state index contributed by atoms with van der Waals surface area (Å²) in [6.45, 7) is 9.32. The Morgan fingerprint density at radius 3 is 2.24 bits per heavy atom. The van der Waals surface area contributed by atoms with Crippen LogP contribution in [-0.2, 0) is 20.5 Å². The molecule has 0 radical (unpaired) electrons. The summed E-state index contributed by atoms with van der Waals surface area (Å²) in [5, 5.41) is 5.93. The van der Waals surface area contributed by atoms with Crippen LogP contribution >= 0.6 is 0 Å². The van der Waals surface area contributed by atoms with Gasteiger partial charge in [-0.2, -0.15) is 0 Å². The van der Waals surface area contributed by atoms with Gasteiger partial charge in [0.25, 0.3) is 5.91 Å². The molecule has 2 aromatic rings. The lowest BCUT2D eigenvalue weighted by Gasteiger charge is -2.28. The first-order chi connectivity index (χ1) is 16.4. The molecule has 0 saturated heterocycles. The Morgan fingerprint density at radius 2 is 1.68 bits per heavy atom. The van der Waals surface area contributed by atoms with E-state index in [0.717, 1.165) is 18.4 Å². The number of carbonyl (C=O) groups excluding carboxylic acids is 2. The molecule has 2 N–H and O–H groups in total. The van der Waals surface area contributed by atoms with Gasteiger partial charge in [-0.25, -0.2) is 4.98 Å². The van der Waals surface area contributed by atoms with Crippen LogP contribution in [0.2, 0.25) is 0 Å². The van der Waals surface area contributed by atoms with Crippen molar-refractivity contribution in [3.05, 3.63) is 60.2 Å². The zero-order chi connectivity index (χ0) is 24.8. The van der Waals surface area contributed by atoms with Gasteiger partial charge >= 0.3 is 7.12 Å². The highest BCUT2D eigenvalue weighted by atomic mass is 16.6. The van der Waals surface area contributed by atoms with E-state index in [2.05, 4.69) is 34.4 Å². The van der Waals surface area contributed by atoms with Gasteiger partial charge in [0, 0.05) is 32.0 Å². The minimum atomic E-state index is -0.801. The molecule has 8 nitrogen and oxygen atoms in total. The average molecular weight is 468 g/mol. The van der Waals surface area contributed by atoms with Crippen LogP contribution in [0.4, 0.5) is 0 Å². The molecule has 0 spiro atoms. The Balaban J connectivity index is 2.23. The van der Waals surface area contributed by atoms with E-state index < -0.39 is 19.1 Å². The molecule has 1 aromatic carbocycles. The molecule has 1 heterocycles. The summed E-state index contributed by atoms with van der Waals surface area (Å²) in [7, 11) is -0.556. The van der Waals surface area contributed by atoms with Crippen molar-refractivity contribution in [2.45, 2.75) is 65.4 Å². The lowest BCUT2D eigenvalue weighted by Crippen LogP contribution is -2.56. The fourth-order valence-corrected chi connectivity index (χ4v) is 3.49. The third kappa shape index (κ3) is 9.61. The number of nitrogens with one attached hydrogen (secondary N) is 2. The standard InChI is InChI=1S/C25H37BN4O4/c1-5-14-33-26(34-15-6-2)23(16-19(3)4)30-24(31)21(17-20-10-8-7-9-11-20)29-25(32)22-18-27-12-13-28-22/h7-13,18-19,21,23H,5-6,14-17H2,1-4H3,(H,29,32)(H,30,31)/t21-,23-/m0/s1. The van der Waals surface area contributed by atoms with E-state index in [9.17, 15) is 9.59 Å². The summed E-state index contributed by atoms with van der Waals surface area (Å²) >= 11 is 0. The van der Waals surface area contributed by atoms with Gasteiger partial charge in [0.2, 0.25) is 5.91 Å². The summed E-state index contributed by atoms with van der Waals surface area (Å²) < 4.78 is 11.9. The summed E-state index contributed by atoms with van der Waals surface area (Å²) in [6, 6.07) is 8.78. The van der Waals surface area contributed by atoms with E-state index in [1.54, 1.807) is 0 Å². The van der Waals surface area contributed by atoms with E-state index in [4.69, 9.17) is 9.31 Å². The Hall–Kier alpha value is -2.78. The molecular formula is C25H37BN4O4. The second kappa shape index (κ2) is 15.2. The summed E-state index contributed by atoms with van der Waals surface area (Å²) in [4.78, 5) is 34.3. The molecule has 2 amide bonds. The van der Waals surface area contributed by atoms with E-state index in [-0.39, 0.29) is 17.5 Å². The van der Waals surface area contributed by atoms with Crippen molar-refractivity contribution in [2.75, 3.05) is 13.2 Å². The molecule has 0 unspecified atom stereocenters. The smallest absolute Gasteiger partial charge is 0.410 e. The largest absolute Gasteiger partial charge is 0.480 e. The molecule has 34 heavy (non-hydrogen) atoms. The van der Waals surface area contributed by atoms with Crippen molar-refractivity contribution in [3.8, 4) is 0 Å². The predicted octanol–water partition coefficient (Wildman–Crippen LogP) is 3.23. The maximum absolute atomic E-state index is 13.5. The SMILES string of the molecule is CCCOB(OCCC)[C@H](CC(C)C)NC(=O)[C@H](Cc1ccccc1)NC(=O)c1cnccn1. The van der Waals surface area contributed by atoms with Crippen molar-refractivity contribution < 1.29 is 18.9 Å². The van der Waals surface area contributed by atoms with Crippen LogP contribution in [-0.4, -0.2) is 54.1 Å². The number of benzene rings is 1. The molecule has 2 rings (SSSR count). The van der Waals surface area contributed by atoms with Crippen molar-refractivity contribution in [3.63, 3.8) is 0 Å². The number of aromatic nitrogens is 2. The van der Waals surface area contributed by atoms with Crippen molar-refractivity contribution in [1.82, 2.24) is 20.6 Å². The quantitative estimate of drug-likeness (QED) is 0.389. The highest BCUT2D eigenvalue weighted by molar-refractivity contribution is 6.47. The Kier molecular flexibility index (Phi) is 12.3. The highest BCUT2D eigenvalue weighted by Crippen LogP contribution is 2.12. The highest BCUT2D eigenvalue weighted by Gasteiger charge is 2.34. The van der Waals surface area contributed by atoms with Crippen LogP contribution in [0.3, 0.4) is 0 Å². The van der Waals surface area contributed by atoms with Gasteiger partial charge in [-0.3, -0.25) is 14.6 Å². The third-order valence-corrected chi connectivity index (χ3v) is 5.05. The minimum absolute atomic E-state index is 0.155. The molecule has 0 aliphatic heterocycles. The average Bonchev–Trinajstić information content (AvgIpc) is 2.84. The number of carbonyl (C=O) groups is 2. The number of hydrogen-bond donors (Lipinski definition) is 2. The zero-order valence-electron chi connectivity index (χ0n) is 20.7. The Labute approximate surface area is 203 Å². The molecule has 0 aliphatic rings. The number of amides is 2. The minimum Gasteiger partial charge on any atom is -0.410 e. The van der Waals surface area contributed by atoms with Crippen molar-refractivity contribution >= 4 is 18.9 Å². The molecule has 0 fully saturated rings. The Morgan fingerprint density at radius 1 is 1.00 bits per heavy atom. The molecule has 9 heteroatoms. The fraction of sp³-hybridized carbons (Fsp3) is 0.520. The lowest BCUT2D eigenvalue weighted by atomic mass is 9.73. The van der Waals surface area contributed by atoms with Gasteiger partial charge in [0.15, 0.2) is 0 Å². The molecular weight excluding hydrogens is 431 g/mol. The van der Waals surface area contributed by atoms with Gasteiger partial charge in [-0.15, -0.1) is 0 Å². The lowest BCUT2D eigenvalue weighted by molar-refractivity contribution is -0.123. The fourth-order valence-electron chi connectivity index (χ4n) is 3.49. The van der Waals surface area contributed by atoms with Gasteiger partial charge < -0.3 is 19.9 Å². The summed E-state index contributed by atoms with van der Waals surface area (Å²) in [5.74, 6) is -0.787. The second-order valence-corrected chi connectivity index (χ2v) is 8.66. The number of hydrogen-bond acceptors (Lipinski definition) is 6. The van der Waals surface area contributed by atoms with Crippen LogP contribution in [0, 0.1) is 5.92 Å². The molecule has 0 bridgehead atoms. The van der Waals surface area contributed by atoms with Gasteiger partial charge in [0.05, 0.1) is 12.1 Å². The maximum Gasteiger partial charge on any atom is 0.480 e. The Bertz CT molecular complexity index is 847. The number of nitrogens with zero attached hydrogens (tertiary/aromatic N) is 2. The van der Waals surface area contributed by atoms with Crippen molar-refractivity contribution in [1.29, 1.82) is 0 Å². The molecule has 1 aromatic heterocycles. The molecule has 184 valence electrons. The topological polar surface area (TPSA) is 102 Å². The second-order valence-electron chi connectivity index (χ2n) is 8.66. The monoisotopic (exact) mass is 468 g/mol. The maximum atomic E-state index is 13.5. The van der Waals surface area contributed by atoms with Gasteiger partial charge in [-0.1, -0.05) is 58.0 Å². The normalized spacial score (nSPS) is 12.7. The molecule has 2 atom stereocenters. The first kappa shape index (κ1) is 27.5. The van der Waals surface area contributed by atoms with Gasteiger partial charge in [0.1, 0.15) is 11.7 Å². The van der Waals surface area contributed by atoms with Crippen LogP contribution in [0.15, 0.2) is 48.9 Å². The predicted molar refractivity (Wildman–Crippen MR) is 133 cm³/mol. The van der Waals surface area contributed by atoms with Crippen LogP contribution in [0.25, 0.3) is 0 Å². The first-order valence-electron chi connectivity index (χ1n) is 12.1. The third-order valence-electron chi connectivity index (χ3n) is 5.05. The summed E-state index contributed by atoms with van der Waals surface area (Å²) in [6.07, 6.45) is 7.03. The van der Waals surface area contributed by atoms with E-state index >= 15 is 0 Å².